The molecule has 0 heterocycles. The molecule has 0 unspecified atom stereocenters. The van der Waals surface area contributed by atoms with Crippen LogP contribution in [0.3, 0.4) is 0 Å². The minimum absolute atomic E-state index is 0.0334. The van der Waals surface area contributed by atoms with E-state index < -0.39 is 0 Å². The number of carbonyl (C=O) groups is 2. The van der Waals surface area contributed by atoms with Crippen molar-refractivity contribution in [2.24, 2.45) is 0 Å². The molecule has 32 heavy (non-hydrogen) atoms. The Morgan fingerprint density at radius 1 is 0.625 bits per heavy atom. The Kier molecular flexibility index (Phi) is 8.61. The fourth-order valence-corrected chi connectivity index (χ4v) is 3.99. The molecule has 4 nitrogen and oxygen atoms in total. The van der Waals surface area contributed by atoms with E-state index >= 15 is 0 Å². The minimum atomic E-state index is -0.150. The summed E-state index contributed by atoms with van der Waals surface area (Å²) in [4.78, 5) is 25.4. The Labute approximate surface area is 191 Å². The van der Waals surface area contributed by atoms with Crippen molar-refractivity contribution in [1.29, 1.82) is 0 Å². The van der Waals surface area contributed by atoms with Crippen LogP contribution in [0.2, 0.25) is 0 Å². The number of hydrogen-bond donors (Lipinski definition) is 2. The number of nitrogens with one attached hydrogen (secondary N) is 2. The Morgan fingerprint density at radius 3 is 1.41 bits per heavy atom. The van der Waals surface area contributed by atoms with Crippen LogP contribution in [-0.4, -0.2) is 11.8 Å². The molecule has 0 aliphatic heterocycles. The third-order valence-corrected chi connectivity index (χ3v) is 5.78. The molecule has 2 atom stereocenters. The van der Waals surface area contributed by atoms with Gasteiger partial charge in [-0.2, -0.15) is 0 Å². The average molecular weight is 429 g/mol. The summed E-state index contributed by atoms with van der Waals surface area (Å²) in [5.74, 6) is -0.234. The third-order valence-electron chi connectivity index (χ3n) is 5.78. The van der Waals surface area contributed by atoms with Gasteiger partial charge in [0.05, 0.1) is 11.8 Å². The van der Waals surface area contributed by atoms with Crippen LogP contribution in [0.4, 0.5) is 0 Å². The molecule has 0 fully saturated rings. The van der Waals surface area contributed by atoms with Crippen molar-refractivity contribution in [1.82, 2.24) is 10.6 Å². The van der Waals surface area contributed by atoms with Gasteiger partial charge in [0.2, 0.25) is 11.8 Å². The summed E-state index contributed by atoms with van der Waals surface area (Å²) in [6, 6.07) is 27.7. The zero-order valence-corrected chi connectivity index (χ0v) is 18.9. The van der Waals surface area contributed by atoms with Crippen LogP contribution in [0, 0.1) is 0 Å². The van der Waals surface area contributed by atoms with Crippen LogP contribution >= 0.6 is 0 Å². The first-order valence-electron chi connectivity index (χ1n) is 11.4. The van der Waals surface area contributed by atoms with E-state index in [0.717, 1.165) is 35.1 Å². The van der Waals surface area contributed by atoms with Gasteiger partial charge in [-0.1, -0.05) is 98.8 Å². The second kappa shape index (κ2) is 11.8. The standard InChI is InChI=1S/C28H32N2O2/c1-3-25(23-14-7-5-8-15-23)27(31)29-19-21-12-11-13-22(18-21)20-30-28(32)26(4-2)24-16-9-6-10-17-24/h5-18,25-26H,3-4,19-20H2,1-2H3,(H,29,31)(H,30,32)/t25-,26-/m1/s1. The first-order chi connectivity index (χ1) is 15.6. The van der Waals surface area contributed by atoms with Gasteiger partial charge in [-0.3, -0.25) is 9.59 Å². The summed E-state index contributed by atoms with van der Waals surface area (Å²) < 4.78 is 0. The van der Waals surface area contributed by atoms with Crippen molar-refractivity contribution >= 4 is 11.8 Å². The lowest BCUT2D eigenvalue weighted by molar-refractivity contribution is -0.123. The highest BCUT2D eigenvalue weighted by atomic mass is 16.2. The molecule has 3 aromatic rings. The van der Waals surface area contributed by atoms with Gasteiger partial charge in [0.1, 0.15) is 0 Å². The molecule has 166 valence electrons. The summed E-state index contributed by atoms with van der Waals surface area (Å²) in [7, 11) is 0. The Bertz CT molecular complexity index is 923. The smallest absolute Gasteiger partial charge is 0.227 e. The number of amides is 2. The molecule has 0 aromatic heterocycles. The molecule has 0 aliphatic carbocycles. The Morgan fingerprint density at radius 2 is 1.03 bits per heavy atom. The predicted octanol–water partition coefficient (Wildman–Crippen LogP) is 5.31. The van der Waals surface area contributed by atoms with Crippen LogP contribution in [0.25, 0.3) is 0 Å². The van der Waals surface area contributed by atoms with Crippen LogP contribution < -0.4 is 10.6 Å². The van der Waals surface area contributed by atoms with Gasteiger partial charge in [-0.25, -0.2) is 0 Å². The fourth-order valence-electron chi connectivity index (χ4n) is 3.99. The molecule has 0 bridgehead atoms. The molecule has 2 amide bonds. The monoisotopic (exact) mass is 428 g/mol. The van der Waals surface area contributed by atoms with E-state index in [1.807, 2.05) is 98.8 Å². The van der Waals surface area contributed by atoms with Crippen LogP contribution in [0.1, 0.15) is 60.8 Å². The van der Waals surface area contributed by atoms with Crippen molar-refractivity contribution in [3.63, 3.8) is 0 Å². The van der Waals surface area contributed by atoms with Gasteiger partial charge in [0.25, 0.3) is 0 Å². The van der Waals surface area contributed by atoms with E-state index in [1.54, 1.807) is 0 Å². The van der Waals surface area contributed by atoms with Gasteiger partial charge in [0, 0.05) is 13.1 Å². The molecule has 3 rings (SSSR count). The first kappa shape index (κ1) is 23.3. The molecule has 0 saturated carbocycles. The average Bonchev–Trinajstić information content (AvgIpc) is 2.84. The lowest BCUT2D eigenvalue weighted by Gasteiger charge is -2.17. The second-order valence-corrected chi connectivity index (χ2v) is 8.00. The van der Waals surface area contributed by atoms with Gasteiger partial charge in [-0.05, 0) is 35.1 Å². The lowest BCUT2D eigenvalue weighted by Crippen LogP contribution is -2.29. The first-order valence-corrected chi connectivity index (χ1v) is 11.4. The van der Waals surface area contributed by atoms with Gasteiger partial charge in [0.15, 0.2) is 0 Å². The van der Waals surface area contributed by atoms with Crippen molar-refractivity contribution in [3.05, 3.63) is 107 Å². The van der Waals surface area contributed by atoms with Gasteiger partial charge >= 0.3 is 0 Å². The molecule has 2 N–H and O–H groups in total. The maximum absolute atomic E-state index is 12.7. The normalized spacial score (nSPS) is 12.6. The molecule has 0 spiro atoms. The van der Waals surface area contributed by atoms with E-state index in [-0.39, 0.29) is 23.7 Å². The van der Waals surface area contributed by atoms with E-state index in [1.165, 1.54) is 0 Å². The maximum atomic E-state index is 12.7. The van der Waals surface area contributed by atoms with Crippen molar-refractivity contribution in [3.8, 4) is 0 Å². The van der Waals surface area contributed by atoms with Gasteiger partial charge < -0.3 is 10.6 Å². The molecular formula is C28H32N2O2. The molecule has 0 radical (unpaired) electrons. The SMILES string of the molecule is CC[C@@H](C(=O)NCc1cccc(CNC(=O)[C@H](CC)c2ccccc2)c1)c1ccccc1. The summed E-state index contributed by atoms with van der Waals surface area (Å²) in [5.41, 5.74) is 4.10. The zero-order valence-electron chi connectivity index (χ0n) is 18.9. The van der Waals surface area contributed by atoms with Crippen LogP contribution in [-0.2, 0) is 22.7 Å². The van der Waals surface area contributed by atoms with E-state index in [4.69, 9.17) is 0 Å². The molecular weight excluding hydrogens is 396 g/mol. The highest BCUT2D eigenvalue weighted by Gasteiger charge is 2.19. The highest BCUT2D eigenvalue weighted by molar-refractivity contribution is 5.84. The van der Waals surface area contributed by atoms with E-state index in [2.05, 4.69) is 10.6 Å². The lowest BCUT2D eigenvalue weighted by atomic mass is 9.95. The van der Waals surface area contributed by atoms with Crippen LogP contribution in [0.15, 0.2) is 84.9 Å². The summed E-state index contributed by atoms with van der Waals surface area (Å²) in [6.07, 6.45) is 1.50. The largest absolute Gasteiger partial charge is 0.351 e. The van der Waals surface area contributed by atoms with Crippen molar-refractivity contribution in [2.75, 3.05) is 0 Å². The number of rotatable bonds is 10. The van der Waals surface area contributed by atoms with Gasteiger partial charge in [-0.15, -0.1) is 0 Å². The molecule has 3 aromatic carbocycles. The highest BCUT2D eigenvalue weighted by Crippen LogP contribution is 2.20. The van der Waals surface area contributed by atoms with Crippen LogP contribution in [0.5, 0.6) is 0 Å². The fraction of sp³-hybridized carbons (Fsp3) is 0.286. The Balaban J connectivity index is 1.56. The second-order valence-electron chi connectivity index (χ2n) is 8.00. The quantitative estimate of drug-likeness (QED) is 0.460. The number of benzene rings is 3. The molecule has 4 heteroatoms. The predicted molar refractivity (Wildman–Crippen MR) is 129 cm³/mol. The topological polar surface area (TPSA) is 58.2 Å². The summed E-state index contributed by atoms with van der Waals surface area (Å²) in [5, 5.41) is 6.13. The maximum Gasteiger partial charge on any atom is 0.227 e. The number of hydrogen-bond acceptors (Lipinski definition) is 2. The molecule has 0 saturated heterocycles. The van der Waals surface area contributed by atoms with Crippen molar-refractivity contribution < 1.29 is 9.59 Å². The minimum Gasteiger partial charge on any atom is -0.351 e. The van der Waals surface area contributed by atoms with E-state index in [9.17, 15) is 9.59 Å². The zero-order chi connectivity index (χ0) is 22.8. The summed E-state index contributed by atoms with van der Waals surface area (Å²) >= 11 is 0. The summed E-state index contributed by atoms with van der Waals surface area (Å²) in [6.45, 7) is 4.98. The number of carbonyl (C=O) groups excluding carboxylic acids is 2. The van der Waals surface area contributed by atoms with Crippen molar-refractivity contribution in [2.45, 2.75) is 51.6 Å². The third kappa shape index (κ3) is 6.30. The van der Waals surface area contributed by atoms with E-state index in [0.29, 0.717) is 13.1 Å². The Hall–Kier alpha value is -3.40. The molecule has 0 aliphatic rings.